The summed E-state index contributed by atoms with van der Waals surface area (Å²) in [7, 11) is 1.53. The first kappa shape index (κ1) is 19.8. The molecule has 2 rings (SSSR count). The van der Waals surface area contributed by atoms with Gasteiger partial charge in [-0.15, -0.1) is 0 Å². The molecule has 0 radical (unpaired) electrons. The van der Waals surface area contributed by atoms with E-state index in [2.05, 4.69) is 0 Å². The molecule has 2 aromatic rings. The van der Waals surface area contributed by atoms with Gasteiger partial charge in [0.25, 0.3) is 11.6 Å². The van der Waals surface area contributed by atoms with Crippen LogP contribution < -0.4 is 0 Å². The van der Waals surface area contributed by atoms with Crippen LogP contribution >= 0.6 is 11.8 Å². The van der Waals surface area contributed by atoms with Gasteiger partial charge in [0.1, 0.15) is 0 Å². The fourth-order valence-electron chi connectivity index (χ4n) is 2.30. The number of rotatable bonds is 5. The summed E-state index contributed by atoms with van der Waals surface area (Å²) in [6.45, 7) is 1.71. The third-order valence-electron chi connectivity index (χ3n) is 3.80. The number of alkyl halides is 3. The molecule has 1 unspecified atom stereocenters. The predicted molar refractivity (Wildman–Crippen MR) is 92.0 cm³/mol. The average molecular weight is 384 g/mol. The zero-order chi connectivity index (χ0) is 19.5. The van der Waals surface area contributed by atoms with Crippen molar-refractivity contribution in [1.29, 1.82) is 0 Å². The molecule has 0 saturated heterocycles. The van der Waals surface area contributed by atoms with Crippen LogP contribution in [0.4, 0.5) is 18.9 Å². The Kier molecular flexibility index (Phi) is 5.91. The summed E-state index contributed by atoms with van der Waals surface area (Å²) in [6.07, 6.45) is 0. The summed E-state index contributed by atoms with van der Waals surface area (Å²) in [5.74, 6) is -0.396. The van der Waals surface area contributed by atoms with E-state index in [1.54, 1.807) is 13.0 Å². The Morgan fingerprint density at radius 1 is 1.19 bits per heavy atom. The molecule has 0 spiro atoms. The summed E-state index contributed by atoms with van der Waals surface area (Å²) < 4.78 is 37.1. The second-order valence-electron chi connectivity index (χ2n) is 5.52. The smallest absolute Gasteiger partial charge is 0.335 e. The molecule has 5 nitrogen and oxygen atoms in total. The number of nitro groups is 1. The van der Waals surface area contributed by atoms with Crippen LogP contribution in [-0.2, 0) is 0 Å². The Labute approximate surface area is 152 Å². The van der Waals surface area contributed by atoms with E-state index in [1.807, 2.05) is 0 Å². The van der Waals surface area contributed by atoms with Gasteiger partial charge in [0.05, 0.1) is 11.0 Å². The quantitative estimate of drug-likeness (QED) is 0.412. The van der Waals surface area contributed by atoms with Gasteiger partial charge in [-0.25, -0.2) is 0 Å². The third kappa shape index (κ3) is 4.98. The van der Waals surface area contributed by atoms with Crippen molar-refractivity contribution in [2.24, 2.45) is 0 Å². The first-order valence-corrected chi connectivity index (χ1v) is 8.27. The summed E-state index contributed by atoms with van der Waals surface area (Å²) in [6, 6.07) is 10.6. The number of halogens is 3. The van der Waals surface area contributed by atoms with Crippen LogP contribution in [0.5, 0.6) is 0 Å². The summed E-state index contributed by atoms with van der Waals surface area (Å²) in [4.78, 5) is 24.3. The van der Waals surface area contributed by atoms with Crippen LogP contribution in [0.15, 0.2) is 53.4 Å². The number of thioether (sulfide) groups is 1. The second kappa shape index (κ2) is 7.77. The molecule has 0 saturated carbocycles. The molecule has 1 atom stereocenters. The molecule has 26 heavy (non-hydrogen) atoms. The molecule has 0 aromatic heterocycles. The molecule has 9 heteroatoms. The molecule has 0 N–H and O–H groups in total. The molecule has 1 amide bonds. The number of carbonyl (C=O) groups excluding carboxylic acids is 1. The van der Waals surface area contributed by atoms with E-state index in [1.165, 1.54) is 54.4 Å². The lowest BCUT2D eigenvalue weighted by Crippen LogP contribution is -2.29. The van der Waals surface area contributed by atoms with Gasteiger partial charge in [-0.2, -0.15) is 13.2 Å². The first-order chi connectivity index (χ1) is 12.1. The van der Waals surface area contributed by atoms with Gasteiger partial charge < -0.3 is 4.90 Å². The number of benzene rings is 2. The summed E-state index contributed by atoms with van der Waals surface area (Å²) in [5.41, 5.74) is -3.65. The molecule has 0 heterocycles. The lowest BCUT2D eigenvalue weighted by Gasteiger charge is -2.25. The molecule has 2 aromatic carbocycles. The zero-order valence-electron chi connectivity index (χ0n) is 13.9. The predicted octanol–water partition coefficient (Wildman–Crippen LogP) is 5.04. The number of nitro benzene ring substituents is 1. The lowest BCUT2D eigenvalue weighted by atomic mass is 10.1. The zero-order valence-corrected chi connectivity index (χ0v) is 14.7. The highest BCUT2D eigenvalue weighted by molar-refractivity contribution is 8.00. The lowest BCUT2D eigenvalue weighted by molar-refractivity contribution is -0.384. The molecular formula is C17H15F3N2O3S. The molecule has 138 valence electrons. The number of amides is 1. The van der Waals surface area contributed by atoms with Gasteiger partial charge in [-0.3, -0.25) is 14.9 Å². The van der Waals surface area contributed by atoms with Crippen molar-refractivity contribution in [3.63, 3.8) is 0 Å². The Morgan fingerprint density at radius 3 is 2.35 bits per heavy atom. The highest BCUT2D eigenvalue weighted by Crippen LogP contribution is 2.36. The van der Waals surface area contributed by atoms with Gasteiger partial charge >= 0.3 is 5.51 Å². The van der Waals surface area contributed by atoms with Gasteiger partial charge in [-0.05, 0) is 48.5 Å². The van der Waals surface area contributed by atoms with Crippen LogP contribution in [-0.4, -0.2) is 28.3 Å². The third-order valence-corrected chi connectivity index (χ3v) is 4.54. The molecular weight excluding hydrogens is 369 g/mol. The van der Waals surface area contributed by atoms with Crippen LogP contribution in [0, 0.1) is 10.1 Å². The van der Waals surface area contributed by atoms with Gasteiger partial charge in [-0.1, -0.05) is 12.1 Å². The van der Waals surface area contributed by atoms with Crippen LogP contribution in [0.1, 0.15) is 28.9 Å². The molecule has 0 aliphatic rings. The monoisotopic (exact) mass is 384 g/mol. The van der Waals surface area contributed by atoms with Crippen molar-refractivity contribution in [3.05, 3.63) is 69.8 Å². The number of carbonyl (C=O) groups is 1. The van der Waals surface area contributed by atoms with E-state index in [0.29, 0.717) is 5.56 Å². The van der Waals surface area contributed by atoms with E-state index < -0.39 is 22.4 Å². The van der Waals surface area contributed by atoms with Gasteiger partial charge in [0.15, 0.2) is 0 Å². The largest absolute Gasteiger partial charge is 0.446 e. The van der Waals surface area contributed by atoms with Crippen molar-refractivity contribution < 1.29 is 22.9 Å². The number of hydrogen-bond acceptors (Lipinski definition) is 4. The molecule has 0 bridgehead atoms. The number of hydrogen-bond donors (Lipinski definition) is 0. The Morgan fingerprint density at radius 2 is 1.81 bits per heavy atom. The van der Waals surface area contributed by atoms with E-state index in [9.17, 15) is 28.1 Å². The van der Waals surface area contributed by atoms with Crippen molar-refractivity contribution >= 4 is 23.4 Å². The number of non-ortho nitro benzene ring substituents is 1. The minimum atomic E-state index is -4.39. The summed E-state index contributed by atoms with van der Waals surface area (Å²) in [5, 5.41) is 10.9. The Bertz CT molecular complexity index is 810. The van der Waals surface area contributed by atoms with E-state index in [-0.39, 0.29) is 27.9 Å². The van der Waals surface area contributed by atoms with Crippen molar-refractivity contribution in [1.82, 2.24) is 4.90 Å². The minimum Gasteiger partial charge on any atom is -0.335 e. The van der Waals surface area contributed by atoms with E-state index in [4.69, 9.17) is 0 Å². The second-order valence-corrected chi connectivity index (χ2v) is 6.65. The van der Waals surface area contributed by atoms with Crippen molar-refractivity contribution in [2.45, 2.75) is 23.4 Å². The maximum absolute atomic E-state index is 12.5. The Hall–Kier alpha value is -2.55. The standard InChI is InChI=1S/C17H15F3N2O3S/c1-11(13-4-3-5-14(10-13)22(24)25)21(2)16(23)12-6-8-15(9-7-12)26-17(18,19)20/h3-11H,1-2H3. The van der Waals surface area contributed by atoms with Crippen LogP contribution in [0.2, 0.25) is 0 Å². The van der Waals surface area contributed by atoms with Crippen molar-refractivity contribution in [2.75, 3.05) is 7.05 Å². The van der Waals surface area contributed by atoms with Gasteiger partial charge in [0.2, 0.25) is 0 Å². The number of nitrogens with zero attached hydrogens (tertiary/aromatic N) is 2. The highest BCUT2D eigenvalue weighted by atomic mass is 32.2. The van der Waals surface area contributed by atoms with E-state index >= 15 is 0 Å². The van der Waals surface area contributed by atoms with E-state index in [0.717, 1.165) is 0 Å². The highest BCUT2D eigenvalue weighted by Gasteiger charge is 2.29. The first-order valence-electron chi connectivity index (χ1n) is 7.46. The SMILES string of the molecule is CC(c1cccc([N+](=O)[O-])c1)N(C)C(=O)c1ccc(SC(F)(F)F)cc1. The fraction of sp³-hybridized carbons (Fsp3) is 0.235. The molecule has 0 aliphatic heterocycles. The topological polar surface area (TPSA) is 63.5 Å². The van der Waals surface area contributed by atoms with Crippen LogP contribution in [0.3, 0.4) is 0 Å². The van der Waals surface area contributed by atoms with Crippen molar-refractivity contribution in [3.8, 4) is 0 Å². The minimum absolute atomic E-state index is 0.0107. The average Bonchev–Trinajstić information content (AvgIpc) is 2.59. The Balaban J connectivity index is 2.15. The molecule has 0 aliphatic carbocycles. The van der Waals surface area contributed by atoms with Crippen LogP contribution in [0.25, 0.3) is 0 Å². The maximum atomic E-state index is 12.5. The maximum Gasteiger partial charge on any atom is 0.446 e. The fourth-order valence-corrected chi connectivity index (χ4v) is 2.84. The normalized spacial score (nSPS) is 12.5. The molecule has 0 fully saturated rings. The summed E-state index contributed by atoms with van der Waals surface area (Å²) >= 11 is -0.252. The van der Waals surface area contributed by atoms with Gasteiger partial charge in [0, 0.05) is 29.6 Å².